The molecule has 0 amide bonds. The van der Waals surface area contributed by atoms with E-state index < -0.39 is 17.5 Å². The number of aromatic nitrogens is 3. The second-order valence-corrected chi connectivity index (χ2v) is 4.74. The van der Waals surface area contributed by atoms with E-state index in [2.05, 4.69) is 15.4 Å². The van der Waals surface area contributed by atoms with Gasteiger partial charge in [-0.15, -0.1) is 0 Å². The maximum Gasteiger partial charge on any atom is 0.194 e. The molecule has 0 saturated heterocycles. The summed E-state index contributed by atoms with van der Waals surface area (Å²) in [5, 5.41) is 7.07. The highest BCUT2D eigenvalue weighted by atomic mass is 19.2. The van der Waals surface area contributed by atoms with Crippen LogP contribution in [0.2, 0.25) is 0 Å². The predicted octanol–water partition coefficient (Wildman–Crippen LogP) is 2.61. The van der Waals surface area contributed by atoms with Crippen LogP contribution in [0.3, 0.4) is 0 Å². The highest BCUT2D eigenvalue weighted by molar-refractivity contribution is 5.23. The molecule has 1 aromatic heterocycles. The van der Waals surface area contributed by atoms with Crippen molar-refractivity contribution in [2.45, 2.75) is 32.4 Å². The Morgan fingerprint density at radius 3 is 2.48 bits per heavy atom. The first-order valence-corrected chi connectivity index (χ1v) is 6.75. The third-order valence-electron chi connectivity index (χ3n) is 3.27. The van der Waals surface area contributed by atoms with Crippen LogP contribution in [0, 0.1) is 17.5 Å². The monoisotopic (exact) mass is 298 g/mol. The molecule has 1 aromatic carbocycles. The number of aryl methyl sites for hydroxylation is 1. The van der Waals surface area contributed by atoms with E-state index in [1.165, 1.54) is 6.33 Å². The molecule has 1 heterocycles. The average molecular weight is 298 g/mol. The van der Waals surface area contributed by atoms with E-state index in [0.717, 1.165) is 25.1 Å². The molecule has 2 rings (SSSR count). The van der Waals surface area contributed by atoms with Crippen LogP contribution < -0.4 is 5.32 Å². The summed E-state index contributed by atoms with van der Waals surface area (Å²) in [5.74, 6) is -3.13. The smallest absolute Gasteiger partial charge is 0.194 e. The maximum absolute atomic E-state index is 13.3. The SMILES string of the molecule is CCCn1ncnc1CC(NC)c1cc(F)c(F)c(F)c1. The van der Waals surface area contributed by atoms with Crippen molar-refractivity contribution >= 4 is 0 Å². The molecule has 1 N–H and O–H groups in total. The second-order valence-electron chi connectivity index (χ2n) is 4.74. The summed E-state index contributed by atoms with van der Waals surface area (Å²) in [5.41, 5.74) is 0.333. The van der Waals surface area contributed by atoms with Crippen molar-refractivity contribution in [2.75, 3.05) is 7.05 Å². The van der Waals surface area contributed by atoms with Gasteiger partial charge in [0.1, 0.15) is 12.2 Å². The van der Waals surface area contributed by atoms with Crippen molar-refractivity contribution in [3.8, 4) is 0 Å². The molecule has 4 nitrogen and oxygen atoms in total. The van der Waals surface area contributed by atoms with E-state index in [-0.39, 0.29) is 6.04 Å². The third-order valence-corrected chi connectivity index (χ3v) is 3.27. The number of rotatable bonds is 6. The summed E-state index contributed by atoms with van der Waals surface area (Å²) in [6, 6.07) is 1.62. The van der Waals surface area contributed by atoms with Gasteiger partial charge < -0.3 is 5.32 Å². The van der Waals surface area contributed by atoms with Crippen LogP contribution in [0.5, 0.6) is 0 Å². The first kappa shape index (κ1) is 15.5. The zero-order valence-corrected chi connectivity index (χ0v) is 11.9. The summed E-state index contributed by atoms with van der Waals surface area (Å²) in [6.07, 6.45) is 2.75. The molecule has 2 aromatic rings. The lowest BCUT2D eigenvalue weighted by Gasteiger charge is -2.17. The van der Waals surface area contributed by atoms with Crippen LogP contribution in [0.15, 0.2) is 18.5 Å². The van der Waals surface area contributed by atoms with Crippen LogP contribution in [0.1, 0.15) is 30.8 Å². The Kier molecular flexibility index (Phi) is 4.95. The number of likely N-dealkylation sites (N-methyl/N-ethyl adjacent to an activating group) is 1. The number of hydrogen-bond acceptors (Lipinski definition) is 3. The van der Waals surface area contributed by atoms with Gasteiger partial charge in [-0.2, -0.15) is 5.10 Å². The topological polar surface area (TPSA) is 42.7 Å². The molecule has 0 spiro atoms. The fraction of sp³-hybridized carbons (Fsp3) is 0.429. The quantitative estimate of drug-likeness (QED) is 0.834. The van der Waals surface area contributed by atoms with Gasteiger partial charge in [0, 0.05) is 19.0 Å². The minimum Gasteiger partial charge on any atom is -0.313 e. The average Bonchev–Trinajstić information content (AvgIpc) is 2.89. The highest BCUT2D eigenvalue weighted by Gasteiger charge is 2.18. The minimum absolute atomic E-state index is 0.333. The van der Waals surface area contributed by atoms with Crippen molar-refractivity contribution in [2.24, 2.45) is 0 Å². The molecular formula is C14H17F3N4. The molecule has 114 valence electrons. The molecule has 0 radical (unpaired) electrons. The van der Waals surface area contributed by atoms with Crippen LogP contribution in [0.4, 0.5) is 13.2 Å². The summed E-state index contributed by atoms with van der Waals surface area (Å²) >= 11 is 0. The number of benzene rings is 1. The molecule has 7 heteroatoms. The highest BCUT2D eigenvalue weighted by Crippen LogP contribution is 2.21. The second kappa shape index (κ2) is 6.71. The van der Waals surface area contributed by atoms with E-state index in [9.17, 15) is 13.2 Å². The van der Waals surface area contributed by atoms with Gasteiger partial charge in [-0.1, -0.05) is 6.92 Å². The van der Waals surface area contributed by atoms with Crippen LogP contribution in [0.25, 0.3) is 0 Å². The number of nitrogens with zero attached hydrogens (tertiary/aromatic N) is 3. The molecule has 1 unspecified atom stereocenters. The molecule has 0 aliphatic carbocycles. The van der Waals surface area contributed by atoms with Gasteiger partial charge in [0.15, 0.2) is 17.5 Å². The molecule has 0 aliphatic heterocycles. The van der Waals surface area contributed by atoms with E-state index in [0.29, 0.717) is 17.8 Å². The number of halogens is 3. The molecule has 21 heavy (non-hydrogen) atoms. The Hall–Kier alpha value is -1.89. The van der Waals surface area contributed by atoms with E-state index in [1.807, 2.05) is 6.92 Å². The molecule has 0 saturated carbocycles. The van der Waals surface area contributed by atoms with E-state index in [4.69, 9.17) is 0 Å². The lowest BCUT2D eigenvalue weighted by molar-refractivity contribution is 0.439. The van der Waals surface area contributed by atoms with Crippen molar-refractivity contribution in [1.29, 1.82) is 0 Å². The van der Waals surface area contributed by atoms with Crippen molar-refractivity contribution < 1.29 is 13.2 Å². The van der Waals surface area contributed by atoms with E-state index in [1.54, 1.807) is 11.7 Å². The maximum atomic E-state index is 13.3. The minimum atomic E-state index is -1.46. The van der Waals surface area contributed by atoms with Gasteiger partial charge >= 0.3 is 0 Å². The fourth-order valence-corrected chi connectivity index (χ4v) is 2.19. The van der Waals surface area contributed by atoms with Crippen molar-refractivity contribution in [3.63, 3.8) is 0 Å². The normalized spacial score (nSPS) is 12.6. The summed E-state index contributed by atoms with van der Waals surface area (Å²) in [6.45, 7) is 2.74. The zero-order valence-electron chi connectivity index (χ0n) is 11.9. The lowest BCUT2D eigenvalue weighted by Crippen LogP contribution is -2.22. The fourth-order valence-electron chi connectivity index (χ4n) is 2.19. The van der Waals surface area contributed by atoms with Gasteiger partial charge in [0.25, 0.3) is 0 Å². The Labute approximate surface area is 121 Å². The lowest BCUT2D eigenvalue weighted by atomic mass is 10.0. The Morgan fingerprint density at radius 1 is 1.24 bits per heavy atom. The number of hydrogen-bond donors (Lipinski definition) is 1. The first-order chi connectivity index (χ1) is 10.1. The van der Waals surface area contributed by atoms with Gasteiger partial charge in [-0.25, -0.2) is 18.2 Å². The summed E-state index contributed by atoms with van der Waals surface area (Å²) in [7, 11) is 1.67. The van der Waals surface area contributed by atoms with Crippen molar-refractivity contribution in [1.82, 2.24) is 20.1 Å². The van der Waals surface area contributed by atoms with Gasteiger partial charge in [0.2, 0.25) is 0 Å². The van der Waals surface area contributed by atoms with Crippen LogP contribution in [-0.2, 0) is 13.0 Å². The molecule has 0 aliphatic rings. The molecular weight excluding hydrogens is 281 g/mol. The zero-order chi connectivity index (χ0) is 15.4. The molecule has 1 atom stereocenters. The first-order valence-electron chi connectivity index (χ1n) is 6.75. The Bertz CT molecular complexity index is 589. The van der Waals surface area contributed by atoms with E-state index >= 15 is 0 Å². The standard InChI is InChI=1S/C14H17F3N4/c1-3-4-21-13(19-8-20-21)7-12(18-2)9-5-10(15)14(17)11(16)6-9/h5-6,8,12,18H,3-4,7H2,1-2H3. The van der Waals surface area contributed by atoms with Gasteiger partial charge in [0.05, 0.1) is 0 Å². The largest absolute Gasteiger partial charge is 0.313 e. The van der Waals surface area contributed by atoms with Crippen LogP contribution >= 0.6 is 0 Å². The van der Waals surface area contributed by atoms with Gasteiger partial charge in [-0.3, -0.25) is 4.68 Å². The van der Waals surface area contributed by atoms with Crippen LogP contribution in [-0.4, -0.2) is 21.8 Å². The van der Waals surface area contributed by atoms with Crippen molar-refractivity contribution in [3.05, 3.63) is 47.3 Å². The van der Waals surface area contributed by atoms with Gasteiger partial charge in [-0.05, 0) is 31.2 Å². The Morgan fingerprint density at radius 2 is 1.90 bits per heavy atom. The summed E-state index contributed by atoms with van der Waals surface area (Å²) < 4.78 is 41.5. The predicted molar refractivity (Wildman–Crippen MR) is 72.1 cm³/mol. The molecule has 0 fully saturated rings. The summed E-state index contributed by atoms with van der Waals surface area (Å²) in [4.78, 5) is 4.16. The number of nitrogens with one attached hydrogen (secondary N) is 1. The Balaban J connectivity index is 2.26. The molecule has 0 bridgehead atoms. The third kappa shape index (κ3) is 3.41.